The highest BCUT2D eigenvalue weighted by molar-refractivity contribution is 5.91. The Labute approximate surface area is 152 Å². The molecule has 3 N–H and O–H groups in total. The SMILES string of the molecule is COC(=O)c1cccnc1Oc1ccc(CC(N)CO)cc1.Cl.Cl. The first-order valence-electron chi connectivity index (χ1n) is 6.80. The molecular weight excluding hydrogens is 355 g/mol. The van der Waals surface area contributed by atoms with Crippen LogP contribution in [-0.4, -0.2) is 35.8 Å². The van der Waals surface area contributed by atoms with Gasteiger partial charge in [0.15, 0.2) is 0 Å². The number of benzene rings is 1. The topological polar surface area (TPSA) is 94.7 Å². The number of aliphatic hydroxyl groups is 1. The van der Waals surface area contributed by atoms with Gasteiger partial charge < -0.3 is 20.3 Å². The molecule has 1 heterocycles. The molecule has 0 fully saturated rings. The van der Waals surface area contributed by atoms with Gasteiger partial charge in [0.25, 0.3) is 0 Å². The first-order chi connectivity index (χ1) is 10.6. The number of nitrogens with zero attached hydrogens (tertiary/aromatic N) is 1. The van der Waals surface area contributed by atoms with Gasteiger partial charge in [0.1, 0.15) is 11.3 Å². The van der Waals surface area contributed by atoms with Crippen molar-refractivity contribution < 1.29 is 19.4 Å². The molecule has 1 aromatic heterocycles. The minimum atomic E-state index is -0.506. The molecule has 1 atom stereocenters. The van der Waals surface area contributed by atoms with Crippen LogP contribution in [-0.2, 0) is 11.2 Å². The van der Waals surface area contributed by atoms with Crippen LogP contribution in [0.2, 0.25) is 0 Å². The van der Waals surface area contributed by atoms with Crippen molar-refractivity contribution in [2.45, 2.75) is 12.5 Å². The maximum absolute atomic E-state index is 11.7. The van der Waals surface area contributed by atoms with Crippen molar-refractivity contribution >= 4 is 30.8 Å². The van der Waals surface area contributed by atoms with E-state index in [1.165, 1.54) is 13.3 Å². The summed E-state index contributed by atoms with van der Waals surface area (Å²) in [6, 6.07) is 10.2. The van der Waals surface area contributed by atoms with Gasteiger partial charge in [-0.15, -0.1) is 24.8 Å². The summed E-state index contributed by atoms with van der Waals surface area (Å²) >= 11 is 0. The molecule has 6 nitrogen and oxygen atoms in total. The van der Waals surface area contributed by atoms with Crippen LogP contribution in [0.25, 0.3) is 0 Å². The molecule has 0 aliphatic carbocycles. The fourth-order valence-corrected chi connectivity index (χ4v) is 1.91. The minimum Gasteiger partial charge on any atom is -0.465 e. The maximum atomic E-state index is 11.7. The predicted octanol–water partition coefficient (Wildman–Crippen LogP) is 2.37. The summed E-state index contributed by atoms with van der Waals surface area (Å²) in [4.78, 5) is 15.7. The zero-order valence-electron chi connectivity index (χ0n) is 13.0. The van der Waals surface area contributed by atoms with Gasteiger partial charge in [-0.05, 0) is 36.2 Å². The van der Waals surface area contributed by atoms with E-state index in [1.807, 2.05) is 12.1 Å². The fourth-order valence-electron chi connectivity index (χ4n) is 1.91. The van der Waals surface area contributed by atoms with E-state index in [1.54, 1.807) is 24.3 Å². The number of pyridine rings is 1. The quantitative estimate of drug-likeness (QED) is 0.753. The standard InChI is InChI=1S/C16H18N2O4.2ClH/c1-21-16(20)14-3-2-8-18-15(14)22-13-6-4-11(5-7-13)9-12(17)10-19;;/h2-8,12,19H,9-10,17H2,1H3;2*1H. The summed E-state index contributed by atoms with van der Waals surface area (Å²) in [5.41, 5.74) is 6.94. The molecule has 0 saturated heterocycles. The number of halogens is 2. The highest BCUT2D eigenvalue weighted by atomic mass is 35.5. The average molecular weight is 375 g/mol. The molecule has 0 bridgehead atoms. The number of aromatic nitrogens is 1. The molecule has 8 heteroatoms. The summed E-state index contributed by atoms with van der Waals surface area (Å²) in [7, 11) is 1.30. The van der Waals surface area contributed by atoms with Crippen molar-refractivity contribution in [3.8, 4) is 11.6 Å². The van der Waals surface area contributed by atoms with Gasteiger partial charge in [0, 0.05) is 12.2 Å². The van der Waals surface area contributed by atoms with Crippen LogP contribution < -0.4 is 10.5 Å². The van der Waals surface area contributed by atoms with Crippen LogP contribution in [0.3, 0.4) is 0 Å². The maximum Gasteiger partial charge on any atom is 0.343 e. The number of aliphatic hydroxyl groups excluding tert-OH is 1. The largest absolute Gasteiger partial charge is 0.465 e. The highest BCUT2D eigenvalue weighted by Crippen LogP contribution is 2.23. The van der Waals surface area contributed by atoms with Crippen LogP contribution in [0.15, 0.2) is 42.6 Å². The molecule has 132 valence electrons. The molecule has 0 spiro atoms. The number of hydrogen-bond acceptors (Lipinski definition) is 6. The van der Waals surface area contributed by atoms with E-state index in [-0.39, 0.29) is 48.9 Å². The van der Waals surface area contributed by atoms with Crippen molar-refractivity contribution in [1.29, 1.82) is 0 Å². The lowest BCUT2D eigenvalue weighted by atomic mass is 10.1. The Morgan fingerprint density at radius 2 is 1.92 bits per heavy atom. The van der Waals surface area contributed by atoms with E-state index in [4.69, 9.17) is 20.3 Å². The molecule has 1 aromatic carbocycles. The summed E-state index contributed by atoms with van der Waals surface area (Å²) < 4.78 is 10.3. The normalized spacial score (nSPS) is 10.8. The first kappa shape index (κ1) is 22.1. The van der Waals surface area contributed by atoms with Gasteiger partial charge in [-0.3, -0.25) is 0 Å². The highest BCUT2D eigenvalue weighted by Gasteiger charge is 2.14. The van der Waals surface area contributed by atoms with Crippen LogP contribution >= 0.6 is 24.8 Å². The Balaban J connectivity index is 0.00000264. The number of carbonyl (C=O) groups excluding carboxylic acids is 1. The lowest BCUT2D eigenvalue weighted by Crippen LogP contribution is -2.26. The Morgan fingerprint density at radius 3 is 2.50 bits per heavy atom. The van der Waals surface area contributed by atoms with Crippen molar-refractivity contribution in [2.24, 2.45) is 5.73 Å². The van der Waals surface area contributed by atoms with Crippen LogP contribution in [0.4, 0.5) is 0 Å². The second kappa shape index (κ2) is 10.8. The van der Waals surface area contributed by atoms with Gasteiger partial charge >= 0.3 is 5.97 Å². The van der Waals surface area contributed by atoms with Gasteiger partial charge in [-0.2, -0.15) is 0 Å². The zero-order chi connectivity index (χ0) is 15.9. The van der Waals surface area contributed by atoms with E-state index in [0.29, 0.717) is 12.2 Å². The lowest BCUT2D eigenvalue weighted by Gasteiger charge is -2.10. The molecule has 2 rings (SSSR count). The monoisotopic (exact) mass is 374 g/mol. The number of methoxy groups -OCH3 is 1. The smallest absolute Gasteiger partial charge is 0.343 e. The summed E-state index contributed by atoms with van der Waals surface area (Å²) in [6.45, 7) is -0.0608. The number of hydrogen-bond donors (Lipinski definition) is 2. The van der Waals surface area contributed by atoms with E-state index >= 15 is 0 Å². The van der Waals surface area contributed by atoms with E-state index in [0.717, 1.165) is 5.56 Å². The summed E-state index contributed by atoms with van der Waals surface area (Å²) in [5.74, 6) is 0.230. The number of nitrogens with two attached hydrogens (primary N) is 1. The molecule has 0 aliphatic rings. The molecule has 2 aromatic rings. The third-order valence-corrected chi connectivity index (χ3v) is 3.05. The molecule has 0 saturated carbocycles. The van der Waals surface area contributed by atoms with Crippen molar-refractivity contribution in [1.82, 2.24) is 4.98 Å². The van der Waals surface area contributed by atoms with Crippen molar-refractivity contribution in [2.75, 3.05) is 13.7 Å². The van der Waals surface area contributed by atoms with Gasteiger partial charge in [0.2, 0.25) is 5.88 Å². The predicted molar refractivity (Wildman–Crippen MR) is 95.4 cm³/mol. The van der Waals surface area contributed by atoms with Gasteiger partial charge in [0.05, 0.1) is 13.7 Å². The third-order valence-electron chi connectivity index (χ3n) is 3.05. The summed E-state index contributed by atoms with van der Waals surface area (Å²) in [6.07, 6.45) is 2.12. The molecule has 0 radical (unpaired) electrons. The van der Waals surface area contributed by atoms with Crippen molar-refractivity contribution in [3.05, 3.63) is 53.7 Å². The molecule has 24 heavy (non-hydrogen) atoms. The Hall–Kier alpha value is -1.86. The first-order valence-corrected chi connectivity index (χ1v) is 6.80. The second-order valence-corrected chi connectivity index (χ2v) is 4.74. The third kappa shape index (κ3) is 5.98. The lowest BCUT2D eigenvalue weighted by molar-refractivity contribution is 0.0597. The number of esters is 1. The van der Waals surface area contributed by atoms with Crippen LogP contribution in [0.5, 0.6) is 11.6 Å². The fraction of sp³-hybridized carbons (Fsp3) is 0.250. The molecule has 0 amide bonds. The number of carbonyl (C=O) groups is 1. The molecule has 0 aliphatic heterocycles. The zero-order valence-corrected chi connectivity index (χ0v) is 14.7. The van der Waals surface area contributed by atoms with Crippen molar-refractivity contribution in [3.63, 3.8) is 0 Å². The van der Waals surface area contributed by atoms with E-state index in [9.17, 15) is 4.79 Å². The second-order valence-electron chi connectivity index (χ2n) is 4.74. The van der Waals surface area contributed by atoms with E-state index < -0.39 is 5.97 Å². The van der Waals surface area contributed by atoms with Crippen LogP contribution in [0, 0.1) is 0 Å². The Bertz CT molecular complexity index is 638. The Kier molecular flexibility index (Phi) is 9.99. The molecule has 1 unspecified atom stereocenters. The van der Waals surface area contributed by atoms with Crippen LogP contribution in [0.1, 0.15) is 15.9 Å². The Morgan fingerprint density at radius 1 is 1.25 bits per heavy atom. The van der Waals surface area contributed by atoms with Gasteiger partial charge in [-0.1, -0.05) is 12.1 Å². The molecular formula is C16H20Cl2N2O4. The summed E-state index contributed by atoms with van der Waals surface area (Å²) in [5, 5.41) is 8.95. The van der Waals surface area contributed by atoms with E-state index in [2.05, 4.69) is 4.98 Å². The number of rotatable bonds is 6. The van der Waals surface area contributed by atoms with Gasteiger partial charge in [-0.25, -0.2) is 9.78 Å². The minimum absolute atomic E-state index is 0. The number of ether oxygens (including phenoxy) is 2. The average Bonchev–Trinajstić information content (AvgIpc) is 2.56.